The first-order valence-corrected chi connectivity index (χ1v) is 6.46. The zero-order valence-electron chi connectivity index (χ0n) is 9.39. The van der Waals surface area contributed by atoms with Crippen molar-refractivity contribution >= 4 is 23.4 Å². The van der Waals surface area contributed by atoms with Crippen LogP contribution in [0.4, 0.5) is 0 Å². The van der Waals surface area contributed by atoms with Crippen LogP contribution >= 0.6 is 23.4 Å². The molecule has 1 aromatic carbocycles. The summed E-state index contributed by atoms with van der Waals surface area (Å²) >= 11 is 7.62. The van der Waals surface area contributed by atoms with Gasteiger partial charge in [-0.05, 0) is 36.7 Å². The molecule has 1 aromatic heterocycles. The standard InChI is InChI=1S/C12H13ClN2OS/c1-8(14)7-9-3-2-4-10(13)11(9)17-12-15-5-6-16-12/h2-6,8H,7,14H2,1H3. The Labute approximate surface area is 109 Å². The number of nitrogens with two attached hydrogens (primary N) is 1. The van der Waals surface area contributed by atoms with E-state index in [4.69, 9.17) is 21.8 Å². The molecule has 0 aliphatic rings. The predicted octanol–water partition coefficient (Wildman–Crippen LogP) is 3.37. The third-order valence-electron chi connectivity index (χ3n) is 2.19. The van der Waals surface area contributed by atoms with Crippen molar-refractivity contribution < 1.29 is 4.42 Å². The summed E-state index contributed by atoms with van der Waals surface area (Å²) in [4.78, 5) is 5.05. The van der Waals surface area contributed by atoms with E-state index in [1.54, 1.807) is 12.5 Å². The molecule has 1 heterocycles. The Balaban J connectivity index is 2.30. The van der Waals surface area contributed by atoms with Crippen molar-refractivity contribution in [2.45, 2.75) is 29.5 Å². The minimum Gasteiger partial charge on any atom is -0.440 e. The fourth-order valence-corrected chi connectivity index (χ4v) is 2.67. The average molecular weight is 269 g/mol. The summed E-state index contributed by atoms with van der Waals surface area (Å²) in [6, 6.07) is 5.91. The van der Waals surface area contributed by atoms with Gasteiger partial charge in [-0.1, -0.05) is 23.7 Å². The van der Waals surface area contributed by atoms with E-state index in [2.05, 4.69) is 4.98 Å². The number of hydrogen-bond acceptors (Lipinski definition) is 4. The Morgan fingerprint density at radius 1 is 1.53 bits per heavy atom. The van der Waals surface area contributed by atoms with Crippen LogP contribution in [-0.2, 0) is 6.42 Å². The molecule has 2 aromatic rings. The van der Waals surface area contributed by atoms with Crippen molar-refractivity contribution in [3.8, 4) is 0 Å². The maximum Gasteiger partial charge on any atom is 0.260 e. The Morgan fingerprint density at radius 2 is 2.35 bits per heavy atom. The van der Waals surface area contributed by atoms with Gasteiger partial charge in [0.05, 0.1) is 11.2 Å². The first kappa shape index (κ1) is 12.5. The van der Waals surface area contributed by atoms with Crippen LogP contribution in [0.3, 0.4) is 0 Å². The molecule has 2 N–H and O–H groups in total. The molecule has 0 aliphatic heterocycles. The molecule has 90 valence electrons. The third-order valence-corrected chi connectivity index (χ3v) is 3.68. The van der Waals surface area contributed by atoms with Gasteiger partial charge in [-0.3, -0.25) is 0 Å². The summed E-state index contributed by atoms with van der Waals surface area (Å²) in [7, 11) is 0. The van der Waals surface area contributed by atoms with Crippen molar-refractivity contribution in [1.82, 2.24) is 4.98 Å². The summed E-state index contributed by atoms with van der Waals surface area (Å²) in [6.45, 7) is 1.97. The second kappa shape index (κ2) is 5.58. The van der Waals surface area contributed by atoms with Crippen molar-refractivity contribution in [2.24, 2.45) is 5.73 Å². The molecule has 0 amide bonds. The Morgan fingerprint density at radius 3 is 3.00 bits per heavy atom. The number of hydrogen-bond donors (Lipinski definition) is 1. The van der Waals surface area contributed by atoms with Crippen LogP contribution in [0, 0.1) is 0 Å². The Kier molecular flexibility index (Phi) is 4.10. The monoisotopic (exact) mass is 268 g/mol. The van der Waals surface area contributed by atoms with Gasteiger partial charge < -0.3 is 10.2 Å². The van der Waals surface area contributed by atoms with Crippen molar-refractivity contribution in [3.63, 3.8) is 0 Å². The van der Waals surface area contributed by atoms with Gasteiger partial charge in [0.15, 0.2) is 0 Å². The van der Waals surface area contributed by atoms with Gasteiger partial charge in [-0.2, -0.15) is 0 Å². The summed E-state index contributed by atoms with van der Waals surface area (Å²) in [5, 5.41) is 1.29. The summed E-state index contributed by atoms with van der Waals surface area (Å²) in [6.07, 6.45) is 3.94. The van der Waals surface area contributed by atoms with Gasteiger partial charge in [0.25, 0.3) is 5.22 Å². The van der Waals surface area contributed by atoms with Crippen molar-refractivity contribution in [2.75, 3.05) is 0 Å². The van der Waals surface area contributed by atoms with Gasteiger partial charge in [-0.15, -0.1) is 0 Å². The number of rotatable bonds is 4. The smallest absolute Gasteiger partial charge is 0.260 e. The molecular formula is C12H13ClN2OS. The SMILES string of the molecule is CC(N)Cc1cccc(Cl)c1Sc1ncco1. The second-order valence-electron chi connectivity index (χ2n) is 3.81. The molecule has 1 unspecified atom stereocenters. The highest BCUT2D eigenvalue weighted by Gasteiger charge is 2.12. The van der Waals surface area contributed by atoms with Gasteiger partial charge in [0.2, 0.25) is 0 Å². The normalized spacial score (nSPS) is 12.6. The molecule has 17 heavy (non-hydrogen) atoms. The summed E-state index contributed by atoms with van der Waals surface area (Å²) < 4.78 is 5.21. The van der Waals surface area contributed by atoms with Crippen LogP contribution in [0.15, 0.2) is 45.2 Å². The van der Waals surface area contributed by atoms with E-state index in [0.717, 1.165) is 16.9 Å². The second-order valence-corrected chi connectivity index (χ2v) is 5.18. The van der Waals surface area contributed by atoms with E-state index in [9.17, 15) is 0 Å². The predicted molar refractivity (Wildman–Crippen MR) is 69.4 cm³/mol. The summed E-state index contributed by atoms with van der Waals surface area (Å²) in [5.74, 6) is 0. The minimum atomic E-state index is 0.0948. The van der Waals surface area contributed by atoms with E-state index in [1.165, 1.54) is 11.8 Å². The minimum absolute atomic E-state index is 0.0948. The van der Waals surface area contributed by atoms with Gasteiger partial charge >= 0.3 is 0 Å². The topological polar surface area (TPSA) is 52.0 Å². The molecule has 0 aliphatic carbocycles. The molecule has 2 rings (SSSR count). The van der Waals surface area contributed by atoms with Crippen molar-refractivity contribution in [1.29, 1.82) is 0 Å². The van der Waals surface area contributed by atoms with Gasteiger partial charge in [-0.25, -0.2) is 4.98 Å². The average Bonchev–Trinajstić information content (AvgIpc) is 2.75. The lowest BCUT2D eigenvalue weighted by Crippen LogP contribution is -2.18. The van der Waals surface area contributed by atoms with Crippen molar-refractivity contribution in [3.05, 3.63) is 41.2 Å². The molecule has 5 heteroatoms. The van der Waals surface area contributed by atoms with E-state index in [1.807, 2.05) is 25.1 Å². The third kappa shape index (κ3) is 3.25. The van der Waals surface area contributed by atoms with E-state index in [-0.39, 0.29) is 6.04 Å². The van der Waals surface area contributed by atoms with Crippen LogP contribution in [0.25, 0.3) is 0 Å². The molecule has 0 fully saturated rings. The molecule has 0 saturated heterocycles. The van der Waals surface area contributed by atoms with Crippen LogP contribution in [0.2, 0.25) is 5.02 Å². The molecule has 0 spiro atoms. The maximum atomic E-state index is 6.20. The number of nitrogens with zero attached hydrogens (tertiary/aromatic N) is 1. The molecule has 0 saturated carbocycles. The van der Waals surface area contributed by atoms with Crippen LogP contribution < -0.4 is 5.73 Å². The molecular weight excluding hydrogens is 256 g/mol. The zero-order chi connectivity index (χ0) is 12.3. The fraction of sp³-hybridized carbons (Fsp3) is 0.250. The van der Waals surface area contributed by atoms with Crippen LogP contribution in [0.1, 0.15) is 12.5 Å². The lowest BCUT2D eigenvalue weighted by atomic mass is 10.1. The zero-order valence-corrected chi connectivity index (χ0v) is 11.0. The first-order valence-electron chi connectivity index (χ1n) is 5.27. The van der Waals surface area contributed by atoms with E-state index < -0.39 is 0 Å². The number of halogens is 1. The maximum absolute atomic E-state index is 6.20. The lowest BCUT2D eigenvalue weighted by molar-refractivity contribution is 0.454. The molecule has 0 radical (unpaired) electrons. The molecule has 0 bridgehead atoms. The molecule has 1 atom stereocenters. The van der Waals surface area contributed by atoms with E-state index >= 15 is 0 Å². The van der Waals surface area contributed by atoms with Crippen LogP contribution in [-0.4, -0.2) is 11.0 Å². The fourth-order valence-electron chi connectivity index (χ4n) is 1.52. The summed E-state index contributed by atoms with van der Waals surface area (Å²) in [5.41, 5.74) is 6.95. The lowest BCUT2D eigenvalue weighted by Gasteiger charge is -2.11. The largest absolute Gasteiger partial charge is 0.440 e. The Bertz CT molecular complexity index is 485. The highest BCUT2D eigenvalue weighted by molar-refractivity contribution is 7.99. The highest BCUT2D eigenvalue weighted by atomic mass is 35.5. The van der Waals surface area contributed by atoms with E-state index in [0.29, 0.717) is 10.2 Å². The molecule has 3 nitrogen and oxygen atoms in total. The number of aromatic nitrogens is 1. The quantitative estimate of drug-likeness (QED) is 0.924. The number of benzene rings is 1. The number of oxazole rings is 1. The van der Waals surface area contributed by atoms with Crippen LogP contribution in [0.5, 0.6) is 0 Å². The Hall–Kier alpha value is -0.970. The van der Waals surface area contributed by atoms with Gasteiger partial charge in [0.1, 0.15) is 6.26 Å². The first-order chi connectivity index (χ1) is 8.16. The highest BCUT2D eigenvalue weighted by Crippen LogP contribution is 2.35. The van der Waals surface area contributed by atoms with Gasteiger partial charge in [0, 0.05) is 10.9 Å².